The summed E-state index contributed by atoms with van der Waals surface area (Å²) >= 11 is 1.40. The molecule has 6 heteroatoms. The van der Waals surface area contributed by atoms with Crippen molar-refractivity contribution >= 4 is 23.6 Å². The maximum absolute atomic E-state index is 12.0. The number of benzene rings is 2. The minimum absolute atomic E-state index is 0.218. The van der Waals surface area contributed by atoms with Crippen molar-refractivity contribution in [3.63, 3.8) is 0 Å². The molecule has 0 heterocycles. The highest BCUT2D eigenvalue weighted by atomic mass is 32.2. The number of hydrazine groups is 1. The zero-order valence-corrected chi connectivity index (χ0v) is 13.8. The van der Waals surface area contributed by atoms with E-state index in [1.165, 1.54) is 24.4 Å². The second-order valence-electron chi connectivity index (χ2n) is 4.80. The average Bonchev–Trinajstić information content (AvgIpc) is 2.59. The van der Waals surface area contributed by atoms with E-state index in [9.17, 15) is 9.59 Å². The average molecular weight is 330 g/mol. The SMILES string of the molecule is COc1ccccc1C(=O)NNC(=O)CSc1ccc(C)cc1. The number of hydrogen-bond acceptors (Lipinski definition) is 4. The molecular formula is C17H18N2O3S. The molecule has 2 N–H and O–H groups in total. The van der Waals surface area contributed by atoms with Gasteiger partial charge in [-0.15, -0.1) is 11.8 Å². The molecule has 0 aliphatic heterocycles. The van der Waals surface area contributed by atoms with E-state index >= 15 is 0 Å². The van der Waals surface area contributed by atoms with Gasteiger partial charge in [0.2, 0.25) is 5.91 Å². The van der Waals surface area contributed by atoms with Crippen molar-refractivity contribution in [2.24, 2.45) is 0 Å². The molecule has 23 heavy (non-hydrogen) atoms. The molecule has 0 bridgehead atoms. The summed E-state index contributed by atoms with van der Waals surface area (Å²) in [4.78, 5) is 24.8. The van der Waals surface area contributed by atoms with Crippen molar-refractivity contribution in [2.45, 2.75) is 11.8 Å². The highest BCUT2D eigenvalue weighted by Crippen LogP contribution is 2.18. The van der Waals surface area contributed by atoms with Gasteiger partial charge < -0.3 is 4.74 Å². The van der Waals surface area contributed by atoms with Crippen molar-refractivity contribution in [3.8, 4) is 5.75 Å². The van der Waals surface area contributed by atoms with E-state index in [-0.39, 0.29) is 11.7 Å². The van der Waals surface area contributed by atoms with E-state index in [0.717, 1.165) is 4.90 Å². The Morgan fingerprint density at radius 3 is 2.43 bits per heavy atom. The normalized spacial score (nSPS) is 10.0. The lowest BCUT2D eigenvalue weighted by molar-refractivity contribution is -0.119. The maximum Gasteiger partial charge on any atom is 0.273 e. The molecule has 0 radical (unpaired) electrons. The number of carbonyl (C=O) groups is 2. The van der Waals surface area contributed by atoms with Crippen molar-refractivity contribution in [3.05, 3.63) is 59.7 Å². The molecule has 0 spiro atoms. The minimum Gasteiger partial charge on any atom is -0.496 e. The summed E-state index contributed by atoms with van der Waals surface area (Å²) in [6.07, 6.45) is 0. The van der Waals surface area contributed by atoms with Gasteiger partial charge in [0.05, 0.1) is 18.4 Å². The van der Waals surface area contributed by atoms with E-state index in [0.29, 0.717) is 11.3 Å². The quantitative estimate of drug-likeness (QED) is 0.653. The fraction of sp³-hybridized carbons (Fsp3) is 0.176. The first kappa shape index (κ1) is 16.9. The largest absolute Gasteiger partial charge is 0.496 e. The van der Waals surface area contributed by atoms with Gasteiger partial charge in [0.25, 0.3) is 5.91 Å². The topological polar surface area (TPSA) is 67.4 Å². The van der Waals surface area contributed by atoms with Gasteiger partial charge in [-0.3, -0.25) is 20.4 Å². The molecule has 0 aromatic heterocycles. The number of methoxy groups -OCH3 is 1. The molecule has 0 saturated carbocycles. The number of rotatable bonds is 5. The summed E-state index contributed by atoms with van der Waals surface area (Å²) in [5.41, 5.74) is 6.32. The monoisotopic (exact) mass is 330 g/mol. The molecule has 5 nitrogen and oxygen atoms in total. The van der Waals surface area contributed by atoms with Crippen LogP contribution in [0.25, 0.3) is 0 Å². The van der Waals surface area contributed by atoms with Gasteiger partial charge in [-0.2, -0.15) is 0 Å². The molecular weight excluding hydrogens is 312 g/mol. The maximum atomic E-state index is 12.0. The zero-order valence-electron chi connectivity index (χ0n) is 13.0. The first-order chi connectivity index (χ1) is 11.1. The van der Waals surface area contributed by atoms with E-state index < -0.39 is 5.91 Å². The van der Waals surface area contributed by atoms with Crippen LogP contribution in [0.2, 0.25) is 0 Å². The molecule has 2 aromatic carbocycles. The van der Waals surface area contributed by atoms with Crippen LogP contribution in [0.5, 0.6) is 5.75 Å². The van der Waals surface area contributed by atoms with E-state index in [4.69, 9.17) is 4.74 Å². The van der Waals surface area contributed by atoms with Gasteiger partial charge in [-0.05, 0) is 31.2 Å². The number of nitrogens with one attached hydrogen (secondary N) is 2. The van der Waals surface area contributed by atoms with Crippen molar-refractivity contribution in [1.82, 2.24) is 10.9 Å². The van der Waals surface area contributed by atoms with Crippen molar-refractivity contribution < 1.29 is 14.3 Å². The standard InChI is InChI=1S/C17H18N2O3S/c1-12-7-9-13(10-8-12)23-11-16(20)18-19-17(21)14-5-3-4-6-15(14)22-2/h3-10H,11H2,1-2H3,(H,18,20)(H,19,21). The van der Waals surface area contributed by atoms with Crippen molar-refractivity contribution in [2.75, 3.05) is 12.9 Å². The van der Waals surface area contributed by atoms with Crippen LogP contribution in [0.3, 0.4) is 0 Å². The molecule has 2 aromatic rings. The van der Waals surface area contributed by atoms with Gasteiger partial charge in [0, 0.05) is 4.90 Å². The molecule has 120 valence electrons. The van der Waals surface area contributed by atoms with Crippen LogP contribution in [0.1, 0.15) is 15.9 Å². The molecule has 0 unspecified atom stereocenters. The predicted molar refractivity (Wildman–Crippen MR) is 90.5 cm³/mol. The smallest absolute Gasteiger partial charge is 0.273 e. The first-order valence-electron chi connectivity index (χ1n) is 7.02. The third kappa shape index (κ3) is 5.03. The fourth-order valence-corrected chi connectivity index (χ4v) is 2.54. The third-order valence-electron chi connectivity index (χ3n) is 3.06. The number of amides is 2. The van der Waals surface area contributed by atoms with Crippen LogP contribution < -0.4 is 15.6 Å². The van der Waals surface area contributed by atoms with Gasteiger partial charge >= 0.3 is 0 Å². The van der Waals surface area contributed by atoms with E-state index in [1.54, 1.807) is 24.3 Å². The van der Waals surface area contributed by atoms with Gasteiger partial charge in [-0.1, -0.05) is 29.8 Å². The van der Waals surface area contributed by atoms with Crippen LogP contribution in [0.15, 0.2) is 53.4 Å². The van der Waals surface area contributed by atoms with E-state index in [2.05, 4.69) is 10.9 Å². The highest BCUT2D eigenvalue weighted by molar-refractivity contribution is 8.00. The second kappa shape index (κ2) is 8.24. The molecule has 0 saturated heterocycles. The first-order valence-corrected chi connectivity index (χ1v) is 8.00. The number of hydrogen-bond donors (Lipinski definition) is 2. The lowest BCUT2D eigenvalue weighted by Gasteiger charge is -2.10. The number of aryl methyl sites for hydroxylation is 1. The molecule has 0 fully saturated rings. The van der Waals surface area contributed by atoms with Crippen molar-refractivity contribution in [1.29, 1.82) is 0 Å². The number of thioether (sulfide) groups is 1. The zero-order chi connectivity index (χ0) is 16.7. The predicted octanol–water partition coefficient (Wildman–Crippen LogP) is 2.56. The molecule has 0 atom stereocenters. The van der Waals surface area contributed by atoms with Crippen LogP contribution >= 0.6 is 11.8 Å². The summed E-state index contributed by atoms with van der Waals surface area (Å²) < 4.78 is 5.11. The van der Waals surface area contributed by atoms with Crippen LogP contribution in [-0.2, 0) is 4.79 Å². The Kier molecular flexibility index (Phi) is 6.05. The summed E-state index contributed by atoms with van der Waals surface area (Å²) in [6, 6.07) is 14.7. The van der Waals surface area contributed by atoms with Gasteiger partial charge in [-0.25, -0.2) is 0 Å². The molecule has 0 aliphatic carbocycles. The number of carbonyl (C=O) groups excluding carboxylic acids is 2. The third-order valence-corrected chi connectivity index (χ3v) is 4.07. The highest BCUT2D eigenvalue weighted by Gasteiger charge is 2.12. The summed E-state index contributed by atoms with van der Waals surface area (Å²) in [7, 11) is 1.49. The summed E-state index contributed by atoms with van der Waals surface area (Å²) in [6.45, 7) is 2.01. The summed E-state index contributed by atoms with van der Waals surface area (Å²) in [5.74, 6) is -0.0295. The van der Waals surface area contributed by atoms with Gasteiger partial charge in [0.1, 0.15) is 5.75 Å². The minimum atomic E-state index is -0.420. The Balaban J connectivity index is 1.82. The number of para-hydroxylation sites is 1. The van der Waals surface area contributed by atoms with Crippen LogP contribution in [-0.4, -0.2) is 24.7 Å². The molecule has 2 rings (SSSR count). The van der Waals surface area contributed by atoms with Crippen LogP contribution in [0, 0.1) is 6.92 Å². The van der Waals surface area contributed by atoms with E-state index in [1.807, 2.05) is 31.2 Å². The summed E-state index contributed by atoms with van der Waals surface area (Å²) in [5, 5.41) is 0. The second-order valence-corrected chi connectivity index (χ2v) is 5.85. The Morgan fingerprint density at radius 2 is 1.74 bits per heavy atom. The lowest BCUT2D eigenvalue weighted by Crippen LogP contribution is -2.42. The molecule has 2 amide bonds. The molecule has 0 aliphatic rings. The Hall–Kier alpha value is -2.47. The lowest BCUT2D eigenvalue weighted by atomic mass is 10.2. The number of ether oxygens (including phenoxy) is 1. The fourth-order valence-electron chi connectivity index (χ4n) is 1.85. The van der Waals surface area contributed by atoms with Crippen LogP contribution in [0.4, 0.5) is 0 Å². The Labute approximate surface area is 139 Å². The Morgan fingerprint density at radius 1 is 1.04 bits per heavy atom. The Bertz CT molecular complexity index is 686. The van der Waals surface area contributed by atoms with Gasteiger partial charge in [0.15, 0.2) is 0 Å².